The van der Waals surface area contributed by atoms with E-state index in [2.05, 4.69) is 4.99 Å². The van der Waals surface area contributed by atoms with Crippen molar-refractivity contribution in [3.63, 3.8) is 0 Å². The van der Waals surface area contributed by atoms with Gasteiger partial charge in [-0.25, -0.2) is 4.99 Å². The number of hydrogen-bond acceptors (Lipinski definition) is 6. The van der Waals surface area contributed by atoms with Crippen LogP contribution in [0.25, 0.3) is 6.08 Å². The summed E-state index contributed by atoms with van der Waals surface area (Å²) in [6, 6.07) is 22.7. The van der Waals surface area contributed by atoms with Gasteiger partial charge in [0.25, 0.3) is 5.91 Å². The number of hydrogen-bond donors (Lipinski definition) is 1. The summed E-state index contributed by atoms with van der Waals surface area (Å²) in [5, 5.41) is 9.50. The maximum atomic E-state index is 12.8. The van der Waals surface area contributed by atoms with E-state index in [0.717, 1.165) is 35.5 Å². The topological polar surface area (TPSA) is 88.4 Å². The van der Waals surface area contributed by atoms with Crippen LogP contribution >= 0.6 is 11.8 Å². The number of likely N-dealkylation sites (N-methyl/N-ethyl adjacent to an activating group) is 1. The van der Waals surface area contributed by atoms with E-state index in [1.54, 1.807) is 31.3 Å². The summed E-state index contributed by atoms with van der Waals surface area (Å²) in [5.74, 6) is 0.665. The van der Waals surface area contributed by atoms with Crippen molar-refractivity contribution in [2.24, 2.45) is 4.99 Å². The molecule has 1 aliphatic carbocycles. The van der Waals surface area contributed by atoms with Gasteiger partial charge in [0, 0.05) is 7.05 Å². The van der Waals surface area contributed by atoms with Crippen molar-refractivity contribution >= 4 is 40.6 Å². The summed E-state index contributed by atoms with van der Waals surface area (Å²) < 4.78 is 12.1. The van der Waals surface area contributed by atoms with Gasteiger partial charge in [-0.2, -0.15) is 0 Å². The molecule has 7 nitrogen and oxygen atoms in total. The molecule has 0 radical (unpaired) electrons. The lowest BCUT2D eigenvalue weighted by atomic mass is 9.98. The number of thioether (sulfide) groups is 1. The van der Waals surface area contributed by atoms with Gasteiger partial charge in [-0.05, 0) is 96.6 Å². The third-order valence-electron chi connectivity index (χ3n) is 6.88. The molecular formula is C32H32N2O5S. The number of carbonyl (C=O) groups is 2. The fourth-order valence-corrected chi connectivity index (χ4v) is 5.63. The van der Waals surface area contributed by atoms with Crippen molar-refractivity contribution in [3.05, 3.63) is 94.4 Å². The molecule has 2 fully saturated rings. The zero-order chi connectivity index (χ0) is 27.9. The minimum absolute atomic E-state index is 0.0381. The average Bonchev–Trinajstić information content (AvgIpc) is 3.22. The quantitative estimate of drug-likeness (QED) is 0.291. The molecule has 0 atom stereocenters. The number of carboxylic acid groups (broad SMARTS) is 1. The summed E-state index contributed by atoms with van der Waals surface area (Å²) in [4.78, 5) is 30.3. The molecule has 0 unspecified atom stereocenters. The number of carboxylic acids is 1. The summed E-state index contributed by atoms with van der Waals surface area (Å²) in [6.45, 7) is 0.459. The number of aliphatic carboxylic acids is 1. The second-order valence-corrected chi connectivity index (χ2v) is 11.0. The van der Waals surface area contributed by atoms with Crippen LogP contribution in [0.2, 0.25) is 0 Å². The third kappa shape index (κ3) is 7.33. The summed E-state index contributed by atoms with van der Waals surface area (Å²) in [7, 11) is 1.69. The van der Waals surface area contributed by atoms with Crippen molar-refractivity contribution in [2.75, 3.05) is 7.05 Å². The Kier molecular flexibility index (Phi) is 8.86. The van der Waals surface area contributed by atoms with Gasteiger partial charge in [0.15, 0.2) is 5.17 Å². The molecule has 2 aliphatic rings. The summed E-state index contributed by atoms with van der Waals surface area (Å²) in [5.41, 5.74) is 3.32. The lowest BCUT2D eigenvalue weighted by Gasteiger charge is -2.23. The molecule has 206 valence electrons. The van der Waals surface area contributed by atoms with Crippen LogP contribution in [0.1, 0.15) is 48.8 Å². The molecule has 40 heavy (non-hydrogen) atoms. The first-order chi connectivity index (χ1) is 19.4. The molecule has 1 amide bonds. The van der Waals surface area contributed by atoms with Crippen LogP contribution in [0.15, 0.2) is 82.7 Å². The van der Waals surface area contributed by atoms with Crippen molar-refractivity contribution in [1.82, 2.24) is 4.90 Å². The first-order valence-corrected chi connectivity index (χ1v) is 14.3. The number of aliphatic imine (C=N–C) groups is 1. The minimum Gasteiger partial charge on any atom is -0.490 e. The predicted octanol–water partition coefficient (Wildman–Crippen LogP) is 6.84. The van der Waals surface area contributed by atoms with Gasteiger partial charge in [-0.3, -0.25) is 14.5 Å². The second-order valence-electron chi connectivity index (χ2n) is 9.99. The van der Waals surface area contributed by atoms with E-state index in [9.17, 15) is 9.59 Å². The molecule has 1 aliphatic heterocycles. The van der Waals surface area contributed by atoms with Gasteiger partial charge in [0.1, 0.15) is 18.1 Å². The van der Waals surface area contributed by atoms with Crippen molar-refractivity contribution in [3.8, 4) is 11.5 Å². The molecule has 1 saturated heterocycles. The third-order valence-corrected chi connectivity index (χ3v) is 7.94. The van der Waals surface area contributed by atoms with Crippen LogP contribution in [0, 0.1) is 0 Å². The monoisotopic (exact) mass is 556 g/mol. The van der Waals surface area contributed by atoms with E-state index in [4.69, 9.17) is 14.6 Å². The zero-order valence-corrected chi connectivity index (χ0v) is 23.2. The highest BCUT2D eigenvalue weighted by Gasteiger charge is 2.30. The highest BCUT2D eigenvalue weighted by atomic mass is 32.2. The minimum atomic E-state index is -0.879. The standard InChI is InChI=1S/C32H32N2O5S/c1-34-31(37)29(40-32(34)33-25-13-7-23(8-14-25)20-30(35)36)19-22-9-15-26(16-10-22)38-21-24-11-17-28(18-12-24)39-27-5-3-2-4-6-27/h7-19,27H,2-6,20-21H2,1H3,(H,35,36)/b29-19-,33-32?. The lowest BCUT2D eigenvalue weighted by Crippen LogP contribution is -2.23. The van der Waals surface area contributed by atoms with E-state index in [1.807, 2.05) is 54.6 Å². The number of carbonyl (C=O) groups excluding carboxylic acids is 1. The smallest absolute Gasteiger partial charge is 0.307 e. The fraction of sp³-hybridized carbons (Fsp3) is 0.281. The van der Waals surface area contributed by atoms with Gasteiger partial charge in [-0.1, -0.05) is 42.8 Å². The van der Waals surface area contributed by atoms with Gasteiger partial charge in [0.2, 0.25) is 0 Å². The predicted molar refractivity (Wildman–Crippen MR) is 158 cm³/mol. The lowest BCUT2D eigenvalue weighted by molar-refractivity contribution is -0.136. The maximum Gasteiger partial charge on any atom is 0.307 e. The SMILES string of the molecule is CN1C(=O)/C(=C/c2ccc(OCc3ccc(OC4CCCCC4)cc3)cc2)SC1=Nc1ccc(CC(=O)O)cc1. The number of nitrogens with zero attached hydrogens (tertiary/aromatic N) is 2. The van der Waals surface area contributed by atoms with Gasteiger partial charge in [-0.15, -0.1) is 0 Å². The fourth-order valence-electron chi connectivity index (χ4n) is 4.64. The molecular weight excluding hydrogens is 524 g/mol. The Hall–Kier alpha value is -4.04. The summed E-state index contributed by atoms with van der Waals surface area (Å²) in [6.07, 6.45) is 8.24. The Morgan fingerprint density at radius 1 is 0.950 bits per heavy atom. The molecule has 1 saturated carbocycles. The van der Waals surface area contributed by atoms with Crippen LogP contribution in [0.5, 0.6) is 11.5 Å². The van der Waals surface area contributed by atoms with Crippen LogP contribution in [-0.2, 0) is 22.6 Å². The Balaban J connectivity index is 1.16. The molecule has 0 spiro atoms. The van der Waals surface area contributed by atoms with Crippen molar-refractivity contribution in [1.29, 1.82) is 0 Å². The first kappa shape index (κ1) is 27.5. The zero-order valence-electron chi connectivity index (χ0n) is 22.4. The molecule has 1 N–H and O–H groups in total. The highest BCUT2D eigenvalue weighted by molar-refractivity contribution is 8.18. The van der Waals surface area contributed by atoms with Crippen LogP contribution in [-0.4, -0.2) is 40.2 Å². The number of benzene rings is 3. The number of amidine groups is 1. The van der Waals surface area contributed by atoms with Crippen molar-refractivity contribution in [2.45, 2.75) is 51.2 Å². The van der Waals surface area contributed by atoms with E-state index >= 15 is 0 Å². The van der Waals surface area contributed by atoms with Gasteiger partial charge < -0.3 is 14.6 Å². The summed E-state index contributed by atoms with van der Waals surface area (Å²) >= 11 is 1.31. The Morgan fingerprint density at radius 3 is 2.27 bits per heavy atom. The Labute approximate surface area is 238 Å². The van der Waals surface area contributed by atoms with E-state index < -0.39 is 5.97 Å². The van der Waals surface area contributed by atoms with E-state index in [0.29, 0.717) is 34.0 Å². The molecule has 1 heterocycles. The molecule has 8 heteroatoms. The van der Waals surface area contributed by atoms with E-state index in [1.165, 1.54) is 35.9 Å². The molecule has 0 aromatic heterocycles. The number of amides is 1. The Bertz CT molecular complexity index is 1390. The van der Waals surface area contributed by atoms with E-state index in [-0.39, 0.29) is 12.3 Å². The first-order valence-electron chi connectivity index (χ1n) is 13.5. The van der Waals surface area contributed by atoms with Crippen molar-refractivity contribution < 1.29 is 24.2 Å². The average molecular weight is 557 g/mol. The highest BCUT2D eigenvalue weighted by Crippen LogP contribution is 2.33. The largest absolute Gasteiger partial charge is 0.490 e. The van der Waals surface area contributed by atoms with Crippen LogP contribution < -0.4 is 9.47 Å². The maximum absolute atomic E-state index is 12.8. The molecule has 0 bridgehead atoms. The Morgan fingerprint density at radius 2 is 1.60 bits per heavy atom. The number of ether oxygens (including phenoxy) is 2. The van der Waals surface area contributed by atoms with Gasteiger partial charge in [0.05, 0.1) is 23.1 Å². The molecule has 3 aromatic rings. The van der Waals surface area contributed by atoms with Crippen LogP contribution in [0.4, 0.5) is 5.69 Å². The van der Waals surface area contributed by atoms with Crippen LogP contribution in [0.3, 0.4) is 0 Å². The van der Waals surface area contributed by atoms with Gasteiger partial charge >= 0.3 is 5.97 Å². The second kappa shape index (κ2) is 12.9. The molecule has 3 aromatic carbocycles. The number of rotatable bonds is 9. The molecule has 5 rings (SSSR count). The normalized spacial score (nSPS) is 17.9.